The fourth-order valence-electron chi connectivity index (χ4n) is 1.95. The van der Waals surface area contributed by atoms with Gasteiger partial charge in [-0.25, -0.2) is 0 Å². The molecule has 2 N–H and O–H groups in total. The van der Waals surface area contributed by atoms with E-state index in [1.54, 1.807) is 7.11 Å². The standard InChI is InChI=1S/C12H24N2O3/c1-16-10-8-14(7-4-6-13)12(15)11-5-2-3-9-17-11/h11H,2-10,13H2,1H3. The van der Waals surface area contributed by atoms with Crippen molar-refractivity contribution in [1.29, 1.82) is 0 Å². The molecule has 1 amide bonds. The zero-order chi connectivity index (χ0) is 12.5. The second kappa shape index (κ2) is 8.44. The Balaban J connectivity index is 2.44. The van der Waals surface area contributed by atoms with Crippen LogP contribution in [0.25, 0.3) is 0 Å². The summed E-state index contributed by atoms with van der Waals surface area (Å²) in [6.07, 6.45) is 3.54. The molecule has 0 aliphatic carbocycles. The molecule has 0 aromatic carbocycles. The second-order valence-corrected chi connectivity index (χ2v) is 4.32. The van der Waals surface area contributed by atoms with Gasteiger partial charge in [-0.3, -0.25) is 4.79 Å². The Kier molecular flexibility index (Phi) is 7.16. The number of methoxy groups -OCH3 is 1. The van der Waals surface area contributed by atoms with Gasteiger partial charge >= 0.3 is 0 Å². The minimum Gasteiger partial charge on any atom is -0.383 e. The lowest BCUT2D eigenvalue weighted by Gasteiger charge is -2.29. The van der Waals surface area contributed by atoms with Gasteiger partial charge in [0.15, 0.2) is 0 Å². The highest BCUT2D eigenvalue weighted by molar-refractivity contribution is 5.81. The molecular formula is C12H24N2O3. The SMILES string of the molecule is COCCN(CCCN)C(=O)C1CCCCO1. The third-order valence-electron chi connectivity index (χ3n) is 2.96. The molecular weight excluding hydrogens is 220 g/mol. The highest BCUT2D eigenvalue weighted by Gasteiger charge is 2.26. The number of ether oxygens (including phenoxy) is 2. The van der Waals surface area contributed by atoms with E-state index in [9.17, 15) is 4.79 Å². The highest BCUT2D eigenvalue weighted by Crippen LogP contribution is 2.15. The van der Waals surface area contributed by atoms with Gasteiger partial charge in [0, 0.05) is 26.8 Å². The van der Waals surface area contributed by atoms with Crippen LogP contribution in [0.4, 0.5) is 0 Å². The zero-order valence-electron chi connectivity index (χ0n) is 10.7. The van der Waals surface area contributed by atoms with Gasteiger partial charge in [0.1, 0.15) is 6.10 Å². The molecule has 5 heteroatoms. The monoisotopic (exact) mass is 244 g/mol. The lowest BCUT2D eigenvalue weighted by Crippen LogP contribution is -2.44. The third-order valence-corrected chi connectivity index (χ3v) is 2.96. The van der Waals surface area contributed by atoms with Crippen LogP contribution in [0.5, 0.6) is 0 Å². The maximum Gasteiger partial charge on any atom is 0.251 e. The van der Waals surface area contributed by atoms with Crippen LogP contribution >= 0.6 is 0 Å². The largest absolute Gasteiger partial charge is 0.383 e. The number of hydrogen-bond donors (Lipinski definition) is 1. The normalized spacial score (nSPS) is 20.2. The molecule has 5 nitrogen and oxygen atoms in total. The van der Waals surface area contributed by atoms with Crippen LogP contribution < -0.4 is 5.73 Å². The lowest BCUT2D eigenvalue weighted by molar-refractivity contribution is -0.147. The summed E-state index contributed by atoms with van der Waals surface area (Å²) in [5.74, 6) is 0.0928. The Morgan fingerprint density at radius 3 is 2.88 bits per heavy atom. The van der Waals surface area contributed by atoms with Crippen LogP contribution in [0.3, 0.4) is 0 Å². The molecule has 0 bridgehead atoms. The van der Waals surface area contributed by atoms with Gasteiger partial charge < -0.3 is 20.1 Å². The molecule has 0 saturated carbocycles. The van der Waals surface area contributed by atoms with Crippen molar-refractivity contribution in [3.63, 3.8) is 0 Å². The predicted molar refractivity (Wildman–Crippen MR) is 65.7 cm³/mol. The Morgan fingerprint density at radius 1 is 1.47 bits per heavy atom. The molecule has 17 heavy (non-hydrogen) atoms. The first-order valence-corrected chi connectivity index (χ1v) is 6.39. The van der Waals surface area contributed by atoms with E-state index in [1.807, 2.05) is 4.90 Å². The molecule has 0 aromatic rings. The Labute approximate surface area is 103 Å². The molecule has 0 radical (unpaired) electrons. The van der Waals surface area contributed by atoms with Gasteiger partial charge in [0.2, 0.25) is 0 Å². The zero-order valence-corrected chi connectivity index (χ0v) is 10.7. The average Bonchev–Trinajstić information content (AvgIpc) is 2.39. The van der Waals surface area contributed by atoms with Crippen LogP contribution in [-0.2, 0) is 14.3 Å². The molecule has 1 unspecified atom stereocenters. The third kappa shape index (κ3) is 5.02. The number of amides is 1. The van der Waals surface area contributed by atoms with Crippen molar-refractivity contribution in [2.24, 2.45) is 5.73 Å². The van der Waals surface area contributed by atoms with Crippen molar-refractivity contribution in [1.82, 2.24) is 4.90 Å². The van der Waals surface area contributed by atoms with Crippen molar-refractivity contribution in [2.75, 3.05) is 40.0 Å². The molecule has 1 fully saturated rings. The Morgan fingerprint density at radius 2 is 2.29 bits per heavy atom. The molecule has 1 heterocycles. The van der Waals surface area contributed by atoms with Crippen molar-refractivity contribution >= 4 is 5.91 Å². The molecule has 0 aromatic heterocycles. The first-order chi connectivity index (χ1) is 8.29. The average molecular weight is 244 g/mol. The Hall–Kier alpha value is -0.650. The van der Waals surface area contributed by atoms with Gasteiger partial charge in [-0.2, -0.15) is 0 Å². The Bertz CT molecular complexity index is 210. The van der Waals surface area contributed by atoms with E-state index >= 15 is 0 Å². The van der Waals surface area contributed by atoms with Crippen LogP contribution in [0.2, 0.25) is 0 Å². The quantitative estimate of drug-likeness (QED) is 0.703. The molecule has 1 aliphatic heterocycles. The first kappa shape index (κ1) is 14.4. The summed E-state index contributed by atoms with van der Waals surface area (Å²) >= 11 is 0. The first-order valence-electron chi connectivity index (χ1n) is 6.39. The fourth-order valence-corrected chi connectivity index (χ4v) is 1.95. The van der Waals surface area contributed by atoms with Gasteiger partial charge in [-0.15, -0.1) is 0 Å². The summed E-state index contributed by atoms with van der Waals surface area (Å²) in [6.45, 7) is 3.17. The van der Waals surface area contributed by atoms with E-state index in [4.69, 9.17) is 15.2 Å². The summed E-state index contributed by atoms with van der Waals surface area (Å²) in [4.78, 5) is 14.0. The number of rotatable bonds is 7. The highest BCUT2D eigenvalue weighted by atomic mass is 16.5. The van der Waals surface area contributed by atoms with E-state index < -0.39 is 0 Å². The summed E-state index contributed by atoms with van der Waals surface area (Å²) < 4.78 is 10.5. The summed E-state index contributed by atoms with van der Waals surface area (Å²) in [6, 6.07) is 0. The number of hydrogen-bond acceptors (Lipinski definition) is 4. The maximum absolute atomic E-state index is 12.2. The van der Waals surface area contributed by atoms with Gasteiger partial charge in [-0.05, 0) is 32.2 Å². The van der Waals surface area contributed by atoms with Gasteiger partial charge in [0.05, 0.1) is 6.61 Å². The van der Waals surface area contributed by atoms with Crippen LogP contribution in [0.15, 0.2) is 0 Å². The van der Waals surface area contributed by atoms with E-state index in [1.165, 1.54) is 0 Å². The maximum atomic E-state index is 12.2. The van der Waals surface area contributed by atoms with Crippen LogP contribution in [0, 0.1) is 0 Å². The summed E-state index contributed by atoms with van der Waals surface area (Å²) in [7, 11) is 1.64. The van der Waals surface area contributed by atoms with Crippen molar-refractivity contribution in [2.45, 2.75) is 31.8 Å². The molecule has 1 saturated heterocycles. The number of carbonyl (C=O) groups is 1. The molecule has 1 aliphatic rings. The minimum atomic E-state index is -0.251. The van der Waals surface area contributed by atoms with Crippen LogP contribution in [-0.4, -0.2) is 56.9 Å². The number of nitrogens with two attached hydrogens (primary N) is 1. The minimum absolute atomic E-state index is 0.0928. The van der Waals surface area contributed by atoms with Crippen molar-refractivity contribution in [3.05, 3.63) is 0 Å². The van der Waals surface area contributed by atoms with E-state index in [2.05, 4.69) is 0 Å². The molecule has 1 rings (SSSR count). The lowest BCUT2D eigenvalue weighted by atomic mass is 10.1. The fraction of sp³-hybridized carbons (Fsp3) is 0.917. The summed E-state index contributed by atoms with van der Waals surface area (Å²) in [5, 5.41) is 0. The van der Waals surface area contributed by atoms with E-state index in [0.29, 0.717) is 32.8 Å². The number of nitrogens with zero attached hydrogens (tertiary/aromatic N) is 1. The van der Waals surface area contributed by atoms with Gasteiger partial charge in [-0.1, -0.05) is 0 Å². The van der Waals surface area contributed by atoms with E-state index in [-0.39, 0.29) is 12.0 Å². The smallest absolute Gasteiger partial charge is 0.251 e. The van der Waals surface area contributed by atoms with E-state index in [0.717, 1.165) is 25.7 Å². The summed E-state index contributed by atoms with van der Waals surface area (Å²) in [5.41, 5.74) is 5.48. The van der Waals surface area contributed by atoms with Crippen molar-refractivity contribution < 1.29 is 14.3 Å². The predicted octanol–water partition coefficient (Wildman–Crippen LogP) is 0.379. The van der Waals surface area contributed by atoms with Crippen molar-refractivity contribution in [3.8, 4) is 0 Å². The molecule has 0 spiro atoms. The van der Waals surface area contributed by atoms with Crippen LogP contribution in [0.1, 0.15) is 25.7 Å². The molecule has 100 valence electrons. The topological polar surface area (TPSA) is 64.8 Å². The number of carbonyl (C=O) groups excluding carboxylic acids is 1. The molecule has 1 atom stereocenters. The van der Waals surface area contributed by atoms with Gasteiger partial charge in [0.25, 0.3) is 5.91 Å². The second-order valence-electron chi connectivity index (χ2n) is 4.32.